The Labute approximate surface area is 242 Å². The number of ether oxygens (including phenoxy) is 1. The first-order valence-corrected chi connectivity index (χ1v) is 14.3. The van der Waals surface area contributed by atoms with Crippen molar-refractivity contribution < 1.29 is 18.5 Å². The van der Waals surface area contributed by atoms with Gasteiger partial charge in [0.25, 0.3) is 0 Å². The van der Waals surface area contributed by atoms with Crippen LogP contribution in [0, 0.1) is 5.82 Å². The van der Waals surface area contributed by atoms with E-state index in [1.165, 1.54) is 40.9 Å². The van der Waals surface area contributed by atoms with Crippen LogP contribution in [-0.4, -0.2) is 93.5 Å². The van der Waals surface area contributed by atoms with E-state index in [9.17, 15) is 9.18 Å². The number of aromatic nitrogens is 4. The number of nitrogens with one attached hydrogen (secondary N) is 2. The van der Waals surface area contributed by atoms with Crippen molar-refractivity contribution in [1.29, 1.82) is 0 Å². The molecule has 10 nitrogen and oxygen atoms in total. The summed E-state index contributed by atoms with van der Waals surface area (Å²) in [7, 11) is 1.62. The summed E-state index contributed by atoms with van der Waals surface area (Å²) >= 11 is 7.52. The third kappa shape index (κ3) is 8.01. The molecular formula is C27H33ClFN8O2S+. The molecule has 1 fully saturated rings. The number of rotatable bonds is 11. The maximum atomic E-state index is 14.6. The summed E-state index contributed by atoms with van der Waals surface area (Å²) in [6, 6.07) is 8.32. The molecule has 3 heterocycles. The van der Waals surface area contributed by atoms with Crippen molar-refractivity contribution in [1.82, 2.24) is 30.4 Å². The lowest BCUT2D eigenvalue weighted by Crippen LogP contribution is -2.54. The Kier molecular flexibility index (Phi) is 10.5. The fourth-order valence-corrected chi connectivity index (χ4v) is 5.44. The second-order valence-electron chi connectivity index (χ2n) is 9.60. The number of carbonyl (C=O) groups is 1. The first kappa shape index (κ1) is 29.9. The van der Waals surface area contributed by atoms with Crippen molar-refractivity contribution in [2.24, 2.45) is 0 Å². The minimum atomic E-state index is -0.468. The van der Waals surface area contributed by atoms with Gasteiger partial charge in [0.15, 0.2) is 0 Å². The Balaban J connectivity index is 1.51. The van der Waals surface area contributed by atoms with Crippen LogP contribution in [0.2, 0.25) is 5.02 Å². The third-order valence-corrected chi connectivity index (χ3v) is 7.44. The minimum Gasteiger partial charge on any atom is -0.384 e. The lowest BCUT2D eigenvalue weighted by atomic mass is 10.1. The van der Waals surface area contributed by atoms with Crippen molar-refractivity contribution in [3.8, 4) is 11.3 Å². The highest BCUT2D eigenvalue weighted by Crippen LogP contribution is 2.32. The van der Waals surface area contributed by atoms with E-state index in [2.05, 4.69) is 56.3 Å². The van der Waals surface area contributed by atoms with Crippen molar-refractivity contribution >= 4 is 53.3 Å². The average Bonchev–Trinajstić information content (AvgIpc) is 2.93. The van der Waals surface area contributed by atoms with E-state index in [1.54, 1.807) is 19.2 Å². The topological polar surface area (TPSA) is 108 Å². The SMILES string of the molecule is C=[N+](C(=O)CCN1CC(C)NC(C)C1)c1cc(Nc2cc(-c3cc(Cl)ccc3F)nnc2SCCOC)ncn1. The summed E-state index contributed by atoms with van der Waals surface area (Å²) < 4.78 is 21.0. The highest BCUT2D eigenvalue weighted by molar-refractivity contribution is 7.99. The molecule has 1 saturated heterocycles. The van der Waals surface area contributed by atoms with Crippen LogP contribution in [0.25, 0.3) is 11.3 Å². The normalized spacial score (nSPS) is 17.5. The molecular weight excluding hydrogens is 555 g/mol. The Bertz CT molecular complexity index is 1350. The van der Waals surface area contributed by atoms with Crippen molar-refractivity contribution in [3.05, 3.63) is 47.5 Å². The fraction of sp³-hybridized carbons (Fsp3) is 0.407. The van der Waals surface area contributed by atoms with Gasteiger partial charge < -0.3 is 15.4 Å². The van der Waals surface area contributed by atoms with E-state index in [1.807, 2.05) is 0 Å². The number of benzene rings is 1. The minimum absolute atomic E-state index is 0.149. The highest BCUT2D eigenvalue weighted by Gasteiger charge is 2.24. The molecule has 4 rings (SSSR count). The summed E-state index contributed by atoms with van der Waals surface area (Å²) in [4.78, 5) is 23.8. The van der Waals surface area contributed by atoms with Crippen molar-refractivity contribution in [2.45, 2.75) is 37.4 Å². The molecule has 1 aromatic carbocycles. The molecule has 0 aliphatic carbocycles. The zero-order valence-electron chi connectivity index (χ0n) is 22.7. The smallest absolute Gasteiger partial charge is 0.335 e. The van der Waals surface area contributed by atoms with Crippen LogP contribution in [-0.2, 0) is 9.53 Å². The van der Waals surface area contributed by atoms with Gasteiger partial charge in [-0.2, -0.15) is 9.56 Å². The quantitative estimate of drug-likeness (QED) is 0.147. The van der Waals surface area contributed by atoms with Gasteiger partial charge in [-0.05, 0) is 43.1 Å². The van der Waals surface area contributed by atoms with E-state index in [0.29, 0.717) is 70.5 Å². The molecule has 0 radical (unpaired) electrons. The second-order valence-corrected chi connectivity index (χ2v) is 11.1. The van der Waals surface area contributed by atoms with Gasteiger partial charge in [-0.15, -0.1) is 22.0 Å². The third-order valence-electron chi connectivity index (χ3n) is 6.26. The summed E-state index contributed by atoms with van der Waals surface area (Å²) in [5.74, 6) is 0.774. The molecule has 2 unspecified atom stereocenters. The Morgan fingerprint density at radius 2 is 2.02 bits per heavy atom. The standard InChI is InChI=1S/C27H33ClFN8O2S/c1-17-14-37(15-18(2)32-17)8-7-26(38)36(3)25-13-24(30-16-31-25)33-23-12-22(20-11-19(28)5-6-21(20)29)34-35-27(23)40-10-9-39-4/h5-6,11-13,16-18,32H,3,7-10,14-15H2,1-2,4H3,(H,30,31,33,34)/q+1. The first-order valence-electron chi connectivity index (χ1n) is 12.9. The molecule has 3 aromatic rings. The van der Waals surface area contributed by atoms with Crippen LogP contribution in [0.15, 0.2) is 41.7 Å². The molecule has 2 N–H and O–H groups in total. The molecule has 212 valence electrons. The van der Waals surface area contributed by atoms with Crippen LogP contribution < -0.4 is 10.6 Å². The van der Waals surface area contributed by atoms with Crippen molar-refractivity contribution in [3.63, 3.8) is 0 Å². The summed E-state index contributed by atoms with van der Waals surface area (Å²) in [5.41, 5.74) is 1.08. The first-order chi connectivity index (χ1) is 19.2. The predicted molar refractivity (Wildman–Crippen MR) is 156 cm³/mol. The molecule has 1 aliphatic heterocycles. The molecule has 13 heteroatoms. The fourth-order valence-electron chi connectivity index (χ4n) is 4.46. The van der Waals surface area contributed by atoms with Gasteiger partial charge in [0, 0.05) is 55.2 Å². The molecule has 2 atom stereocenters. The number of hydrogen-bond donors (Lipinski definition) is 2. The zero-order valence-corrected chi connectivity index (χ0v) is 24.3. The number of anilines is 2. The van der Waals surface area contributed by atoms with Gasteiger partial charge in [0.05, 0.1) is 37.2 Å². The van der Waals surface area contributed by atoms with Crippen molar-refractivity contribution in [2.75, 3.05) is 44.4 Å². The summed E-state index contributed by atoms with van der Waals surface area (Å²) in [6.45, 7) is 11.1. The Morgan fingerprint density at radius 1 is 1.25 bits per heavy atom. The number of thioether (sulfide) groups is 1. The molecule has 40 heavy (non-hydrogen) atoms. The number of piperazine rings is 1. The van der Waals surface area contributed by atoms with Crippen LogP contribution in [0.3, 0.4) is 0 Å². The lowest BCUT2D eigenvalue weighted by Gasteiger charge is -2.35. The van der Waals surface area contributed by atoms with E-state index >= 15 is 0 Å². The van der Waals surface area contributed by atoms with Crippen LogP contribution >= 0.6 is 23.4 Å². The summed E-state index contributed by atoms with van der Waals surface area (Å²) in [6.07, 6.45) is 1.67. The van der Waals surface area contributed by atoms with Crippen LogP contribution in [0.4, 0.5) is 21.7 Å². The molecule has 0 spiro atoms. The number of halogens is 2. The number of nitrogens with zero attached hydrogens (tertiary/aromatic N) is 6. The van der Waals surface area contributed by atoms with Crippen LogP contribution in [0.1, 0.15) is 20.3 Å². The van der Waals surface area contributed by atoms with Gasteiger partial charge in [0.2, 0.25) is 6.33 Å². The maximum Gasteiger partial charge on any atom is 0.335 e. The number of amides is 1. The van der Waals surface area contributed by atoms with Gasteiger partial charge in [0.1, 0.15) is 16.7 Å². The number of hydrogen-bond acceptors (Lipinski definition) is 10. The lowest BCUT2D eigenvalue weighted by molar-refractivity contribution is -0.363. The predicted octanol–water partition coefficient (Wildman–Crippen LogP) is 4.15. The summed E-state index contributed by atoms with van der Waals surface area (Å²) in [5, 5.41) is 16.2. The maximum absolute atomic E-state index is 14.6. The molecule has 1 amide bonds. The molecule has 1 aliphatic rings. The van der Waals surface area contributed by atoms with Gasteiger partial charge in [-0.3, -0.25) is 4.90 Å². The van der Waals surface area contributed by atoms with E-state index in [-0.39, 0.29) is 11.5 Å². The van der Waals surface area contributed by atoms with Gasteiger partial charge >= 0.3 is 11.7 Å². The van der Waals surface area contributed by atoms with E-state index in [0.717, 1.165) is 13.1 Å². The van der Waals surface area contributed by atoms with Gasteiger partial charge in [-0.25, -0.2) is 9.18 Å². The van der Waals surface area contributed by atoms with E-state index < -0.39 is 5.82 Å². The van der Waals surface area contributed by atoms with Gasteiger partial charge in [-0.1, -0.05) is 11.6 Å². The molecule has 0 bridgehead atoms. The van der Waals surface area contributed by atoms with Crippen LogP contribution in [0.5, 0.6) is 0 Å². The monoisotopic (exact) mass is 587 g/mol. The molecule has 2 aromatic heterocycles. The largest absolute Gasteiger partial charge is 0.384 e. The molecule has 0 saturated carbocycles. The number of methoxy groups -OCH3 is 1. The number of carbonyl (C=O) groups excluding carboxylic acids is 1. The second kappa shape index (κ2) is 14.0. The van der Waals surface area contributed by atoms with E-state index in [4.69, 9.17) is 16.3 Å². The average molecular weight is 588 g/mol. The zero-order chi connectivity index (χ0) is 28.6. The highest BCUT2D eigenvalue weighted by atomic mass is 35.5. The Hall–Kier alpha value is -3.03. The Morgan fingerprint density at radius 3 is 2.77 bits per heavy atom.